The Hall–Kier alpha value is 1.48. The largest absolute Gasteiger partial charge is 3.00 e. The van der Waals surface area contributed by atoms with E-state index in [9.17, 15) is 0 Å². The molecule has 0 spiro atoms. The quantitative estimate of drug-likeness (QED) is 0.295. The maximum absolute atomic E-state index is 3.25. The Morgan fingerprint density at radius 2 is 1.00 bits per heavy atom. The summed E-state index contributed by atoms with van der Waals surface area (Å²) < 4.78 is 0. The van der Waals surface area contributed by atoms with Gasteiger partial charge in [0.2, 0.25) is 0 Å². The van der Waals surface area contributed by atoms with Gasteiger partial charge in [-0.05, 0) is 0 Å². The van der Waals surface area contributed by atoms with Gasteiger partial charge in [0.05, 0.1) is 0 Å². The molecule has 0 saturated carbocycles. The predicted octanol–water partition coefficient (Wildman–Crippen LogP) is -5.15. The van der Waals surface area contributed by atoms with Crippen LogP contribution in [0.3, 0.4) is 0 Å². The average Bonchev–Trinajstić information content (AvgIpc) is 1.00. The SMILES string of the molecule is [Br-].[Br-].[CH2-]C.[Mn+3]. The molecule has 0 radical (unpaired) electrons. The van der Waals surface area contributed by atoms with E-state index in [2.05, 4.69) is 6.92 Å². The summed E-state index contributed by atoms with van der Waals surface area (Å²) in [5.74, 6) is 0. The van der Waals surface area contributed by atoms with Crippen molar-refractivity contribution in [3.05, 3.63) is 6.92 Å². The first-order chi connectivity index (χ1) is 1.00. The van der Waals surface area contributed by atoms with Crippen LogP contribution in [0.2, 0.25) is 0 Å². The minimum Gasteiger partial charge on any atom is -1.00 e. The first kappa shape index (κ1) is 31.6. The van der Waals surface area contributed by atoms with Gasteiger partial charge in [-0.3, -0.25) is 0 Å². The van der Waals surface area contributed by atoms with E-state index in [1.54, 1.807) is 6.92 Å². The second-order valence-corrected chi connectivity index (χ2v) is 0. The van der Waals surface area contributed by atoms with E-state index in [0.717, 1.165) is 0 Å². The first-order valence-electron chi connectivity index (χ1n) is 0.707. The van der Waals surface area contributed by atoms with Crippen LogP contribution in [0.15, 0.2) is 0 Å². The van der Waals surface area contributed by atoms with Crippen LogP contribution in [-0.2, 0) is 17.1 Å². The molecule has 34 valence electrons. The molecule has 0 rings (SSSR count). The van der Waals surface area contributed by atoms with Gasteiger partial charge in [-0.1, -0.05) is 0 Å². The van der Waals surface area contributed by atoms with Crippen molar-refractivity contribution in [2.45, 2.75) is 6.92 Å². The fourth-order valence-electron chi connectivity index (χ4n) is 0. The van der Waals surface area contributed by atoms with Crippen molar-refractivity contribution in [1.29, 1.82) is 0 Å². The van der Waals surface area contributed by atoms with Crippen molar-refractivity contribution in [3.8, 4) is 0 Å². The van der Waals surface area contributed by atoms with Crippen molar-refractivity contribution >= 4 is 0 Å². The van der Waals surface area contributed by atoms with Crippen LogP contribution in [0.25, 0.3) is 0 Å². The van der Waals surface area contributed by atoms with Crippen LogP contribution in [0.1, 0.15) is 6.92 Å². The smallest absolute Gasteiger partial charge is 1.00 e. The molecule has 0 nitrogen and oxygen atoms in total. The van der Waals surface area contributed by atoms with Crippen molar-refractivity contribution in [3.63, 3.8) is 0 Å². The molecule has 0 aromatic rings. The minimum absolute atomic E-state index is 0. The molecule has 0 aliphatic carbocycles. The van der Waals surface area contributed by atoms with Crippen molar-refractivity contribution in [1.82, 2.24) is 0 Å². The van der Waals surface area contributed by atoms with Crippen LogP contribution in [0.5, 0.6) is 0 Å². The molecule has 0 amide bonds. The molecular formula is C2H5Br2Mn. The van der Waals surface area contributed by atoms with E-state index in [4.69, 9.17) is 0 Å². The third-order valence-electron chi connectivity index (χ3n) is 0. The molecule has 5 heavy (non-hydrogen) atoms. The van der Waals surface area contributed by atoms with Gasteiger partial charge in [0, 0.05) is 0 Å². The summed E-state index contributed by atoms with van der Waals surface area (Å²) in [5.41, 5.74) is 0. The molecule has 0 bridgehead atoms. The van der Waals surface area contributed by atoms with Gasteiger partial charge in [-0.2, -0.15) is 6.92 Å². The summed E-state index contributed by atoms with van der Waals surface area (Å²) in [6.45, 7) is 5.00. The summed E-state index contributed by atoms with van der Waals surface area (Å²) in [6.07, 6.45) is 0. The normalized spacial score (nSPS) is 1.20. The molecular weight excluding hydrogens is 239 g/mol. The predicted molar refractivity (Wildman–Crippen MR) is 11.0 cm³/mol. The number of hydrogen-bond donors (Lipinski definition) is 0. The molecule has 3 heteroatoms. The average molecular weight is 244 g/mol. The van der Waals surface area contributed by atoms with Gasteiger partial charge in [0.15, 0.2) is 0 Å². The first-order valence-corrected chi connectivity index (χ1v) is 0.707. The molecule has 0 fully saturated rings. The number of halogens is 2. The van der Waals surface area contributed by atoms with E-state index in [-0.39, 0.29) is 51.0 Å². The molecule has 0 aromatic carbocycles. The molecule has 0 saturated heterocycles. The zero-order valence-electron chi connectivity index (χ0n) is 2.84. The zero-order chi connectivity index (χ0) is 2.00. The van der Waals surface area contributed by atoms with Gasteiger partial charge >= 0.3 is 17.1 Å². The molecule has 0 heterocycles. The molecule has 0 aromatic heterocycles. The molecule has 0 atom stereocenters. The number of rotatable bonds is 0. The van der Waals surface area contributed by atoms with Crippen LogP contribution in [0.4, 0.5) is 0 Å². The summed E-state index contributed by atoms with van der Waals surface area (Å²) in [4.78, 5) is 0. The minimum atomic E-state index is 0. The second kappa shape index (κ2) is 50.2. The van der Waals surface area contributed by atoms with Crippen LogP contribution < -0.4 is 34.0 Å². The van der Waals surface area contributed by atoms with Gasteiger partial charge in [-0.25, -0.2) is 0 Å². The summed E-state index contributed by atoms with van der Waals surface area (Å²) in [6, 6.07) is 0. The Balaban J connectivity index is -0.00000000167. The van der Waals surface area contributed by atoms with Crippen LogP contribution >= 0.6 is 0 Å². The Labute approximate surface area is 64.7 Å². The monoisotopic (exact) mass is 242 g/mol. The van der Waals surface area contributed by atoms with E-state index >= 15 is 0 Å². The maximum atomic E-state index is 3.25. The molecule has 0 aliphatic rings. The maximum Gasteiger partial charge on any atom is 3.00 e. The topological polar surface area (TPSA) is 0 Å². The molecule has 0 N–H and O–H groups in total. The Morgan fingerprint density at radius 1 is 1.00 bits per heavy atom. The van der Waals surface area contributed by atoms with Gasteiger partial charge in [-0.15, -0.1) is 0 Å². The van der Waals surface area contributed by atoms with Crippen LogP contribution in [-0.4, -0.2) is 0 Å². The fraction of sp³-hybridized carbons (Fsp3) is 0.500. The summed E-state index contributed by atoms with van der Waals surface area (Å²) >= 11 is 0. The van der Waals surface area contributed by atoms with E-state index < -0.39 is 0 Å². The van der Waals surface area contributed by atoms with Crippen LogP contribution in [0, 0.1) is 6.92 Å². The summed E-state index contributed by atoms with van der Waals surface area (Å²) in [7, 11) is 0. The number of hydrogen-bond acceptors (Lipinski definition) is 0. The van der Waals surface area contributed by atoms with E-state index in [1.807, 2.05) is 0 Å². The fourth-order valence-corrected chi connectivity index (χ4v) is 0. The van der Waals surface area contributed by atoms with E-state index in [1.165, 1.54) is 0 Å². The van der Waals surface area contributed by atoms with Crippen molar-refractivity contribution in [2.24, 2.45) is 0 Å². The Bertz CT molecular complexity index is 7.61. The second-order valence-electron chi connectivity index (χ2n) is 0. The third-order valence-corrected chi connectivity index (χ3v) is 0. The van der Waals surface area contributed by atoms with Crippen molar-refractivity contribution < 1.29 is 51.0 Å². The van der Waals surface area contributed by atoms with Crippen molar-refractivity contribution in [2.75, 3.05) is 0 Å². The van der Waals surface area contributed by atoms with Gasteiger partial charge in [0.25, 0.3) is 0 Å². The van der Waals surface area contributed by atoms with Gasteiger partial charge < -0.3 is 40.9 Å². The summed E-state index contributed by atoms with van der Waals surface area (Å²) in [5, 5.41) is 0. The van der Waals surface area contributed by atoms with Gasteiger partial charge in [0.1, 0.15) is 0 Å². The standard InChI is InChI=1S/C2H5.2BrH.Mn/c1-2;;;/h1H2,2H3;2*1H;/q-1;;;+3/p-2. The zero-order valence-corrected chi connectivity index (χ0v) is 7.19. The Kier molecular flexibility index (Phi) is 318. The Morgan fingerprint density at radius 3 is 1.00 bits per heavy atom. The van der Waals surface area contributed by atoms with E-state index in [0.29, 0.717) is 0 Å². The molecule has 0 unspecified atom stereocenters. The third kappa shape index (κ3) is 30.3. The molecule has 0 aliphatic heterocycles.